The summed E-state index contributed by atoms with van der Waals surface area (Å²) in [7, 11) is 1.65. The maximum absolute atomic E-state index is 12.4. The lowest BCUT2D eigenvalue weighted by Crippen LogP contribution is -2.26. The Morgan fingerprint density at radius 1 is 1.35 bits per heavy atom. The van der Waals surface area contributed by atoms with E-state index in [2.05, 4.69) is 15.6 Å². The third kappa shape index (κ3) is 4.95. The molecule has 0 spiro atoms. The molecule has 0 aliphatic carbocycles. The van der Waals surface area contributed by atoms with Crippen LogP contribution in [0.25, 0.3) is 0 Å². The van der Waals surface area contributed by atoms with Gasteiger partial charge in [-0.05, 0) is 37.0 Å². The Hall–Kier alpha value is -2.60. The molecule has 2 aromatic rings. The minimum Gasteiger partial charge on any atom is -0.496 e. The Morgan fingerprint density at radius 2 is 2.23 bits per heavy atom. The zero-order valence-corrected chi connectivity index (χ0v) is 15.0. The second-order valence-electron chi connectivity index (χ2n) is 6.30. The molecule has 1 amide bonds. The van der Waals surface area contributed by atoms with Crippen LogP contribution in [0, 0.1) is 0 Å². The molecule has 1 atom stereocenters. The molecule has 6 nitrogen and oxygen atoms in total. The maximum atomic E-state index is 12.4. The number of amides is 1. The summed E-state index contributed by atoms with van der Waals surface area (Å²) in [5.74, 6) is 0.705. The number of methoxy groups -OCH3 is 1. The lowest BCUT2D eigenvalue weighted by molar-refractivity contribution is 0.0953. The van der Waals surface area contributed by atoms with Crippen molar-refractivity contribution in [3.05, 3.63) is 53.9 Å². The second kappa shape index (κ2) is 9.20. The van der Waals surface area contributed by atoms with Gasteiger partial charge in [0.05, 0.1) is 24.5 Å². The van der Waals surface area contributed by atoms with Gasteiger partial charge < -0.3 is 20.1 Å². The number of ether oxygens (including phenoxy) is 2. The van der Waals surface area contributed by atoms with Crippen molar-refractivity contribution in [1.82, 2.24) is 10.3 Å². The number of hydrogen-bond donors (Lipinski definition) is 2. The van der Waals surface area contributed by atoms with E-state index < -0.39 is 0 Å². The van der Waals surface area contributed by atoms with E-state index in [4.69, 9.17) is 9.47 Å². The molecule has 0 bridgehead atoms. The zero-order valence-electron chi connectivity index (χ0n) is 15.0. The lowest BCUT2D eigenvalue weighted by Gasteiger charge is -2.12. The standard InChI is InChI=1S/C20H25N3O3/c1-25-19-7-3-2-5-15(19)8-9-22-20(24)16-11-17(13-21-12-16)23-14-18-6-4-10-26-18/h2-3,5,7,11-13,18,23H,4,6,8-10,14H2,1H3,(H,22,24). The van der Waals surface area contributed by atoms with E-state index in [1.165, 1.54) is 0 Å². The Kier molecular flexibility index (Phi) is 6.44. The van der Waals surface area contributed by atoms with Crippen LogP contribution in [0.1, 0.15) is 28.8 Å². The van der Waals surface area contributed by atoms with Gasteiger partial charge in [-0.1, -0.05) is 18.2 Å². The van der Waals surface area contributed by atoms with E-state index in [9.17, 15) is 4.79 Å². The van der Waals surface area contributed by atoms with Gasteiger partial charge in [0, 0.05) is 32.1 Å². The number of rotatable bonds is 8. The molecule has 1 unspecified atom stereocenters. The van der Waals surface area contributed by atoms with E-state index in [1.54, 1.807) is 19.5 Å². The quantitative estimate of drug-likeness (QED) is 0.762. The molecule has 0 radical (unpaired) electrons. The second-order valence-corrected chi connectivity index (χ2v) is 6.30. The smallest absolute Gasteiger partial charge is 0.252 e. The molecule has 2 N–H and O–H groups in total. The first-order valence-electron chi connectivity index (χ1n) is 8.97. The molecule has 1 aliphatic heterocycles. The predicted octanol–water partition coefficient (Wildman–Crippen LogP) is 2.65. The molecule has 0 saturated carbocycles. The Balaban J connectivity index is 1.50. The number of nitrogens with zero attached hydrogens (tertiary/aromatic N) is 1. The van der Waals surface area contributed by atoms with Gasteiger partial charge in [-0.15, -0.1) is 0 Å². The lowest BCUT2D eigenvalue weighted by atomic mass is 10.1. The van der Waals surface area contributed by atoms with Crippen LogP contribution in [0.15, 0.2) is 42.7 Å². The van der Waals surface area contributed by atoms with Crippen LogP contribution in [0.4, 0.5) is 5.69 Å². The van der Waals surface area contributed by atoms with Crippen molar-refractivity contribution < 1.29 is 14.3 Å². The maximum Gasteiger partial charge on any atom is 0.252 e. The number of aromatic nitrogens is 1. The monoisotopic (exact) mass is 355 g/mol. The van der Waals surface area contributed by atoms with E-state index in [0.717, 1.165) is 43.0 Å². The van der Waals surface area contributed by atoms with Crippen LogP contribution in [0.3, 0.4) is 0 Å². The number of carbonyl (C=O) groups is 1. The molecule has 3 rings (SSSR count). The van der Waals surface area contributed by atoms with E-state index >= 15 is 0 Å². The fraction of sp³-hybridized carbons (Fsp3) is 0.400. The number of hydrogen-bond acceptors (Lipinski definition) is 5. The number of anilines is 1. The largest absolute Gasteiger partial charge is 0.496 e. The summed E-state index contributed by atoms with van der Waals surface area (Å²) in [5.41, 5.74) is 2.45. The van der Waals surface area contributed by atoms with Gasteiger partial charge in [0.15, 0.2) is 0 Å². The Labute approximate surface area is 153 Å². The van der Waals surface area contributed by atoms with Crippen molar-refractivity contribution in [2.45, 2.75) is 25.4 Å². The predicted molar refractivity (Wildman–Crippen MR) is 101 cm³/mol. The summed E-state index contributed by atoms with van der Waals surface area (Å²) < 4.78 is 10.9. The average Bonchev–Trinajstić information content (AvgIpc) is 3.20. The highest BCUT2D eigenvalue weighted by Crippen LogP contribution is 2.17. The van der Waals surface area contributed by atoms with E-state index in [-0.39, 0.29) is 12.0 Å². The average molecular weight is 355 g/mol. The number of para-hydroxylation sites is 1. The molecular formula is C20H25N3O3. The van der Waals surface area contributed by atoms with Crippen LogP contribution in [0.5, 0.6) is 5.75 Å². The molecule has 2 heterocycles. The fourth-order valence-electron chi connectivity index (χ4n) is 3.02. The summed E-state index contributed by atoms with van der Waals surface area (Å²) in [5, 5.41) is 6.23. The Bertz CT molecular complexity index is 730. The third-order valence-electron chi connectivity index (χ3n) is 4.43. The molecule has 6 heteroatoms. The summed E-state index contributed by atoms with van der Waals surface area (Å²) in [6, 6.07) is 9.64. The van der Waals surface area contributed by atoms with Crippen LogP contribution in [-0.4, -0.2) is 43.8 Å². The van der Waals surface area contributed by atoms with E-state index in [1.807, 2.05) is 30.3 Å². The van der Waals surface area contributed by atoms with Crippen LogP contribution in [0.2, 0.25) is 0 Å². The molecule has 1 aromatic carbocycles. The van der Waals surface area contributed by atoms with Crippen molar-refractivity contribution >= 4 is 11.6 Å². The number of benzene rings is 1. The third-order valence-corrected chi connectivity index (χ3v) is 4.43. The molecule has 1 fully saturated rings. The molecule has 138 valence electrons. The SMILES string of the molecule is COc1ccccc1CCNC(=O)c1cncc(NCC2CCCO2)c1. The first-order chi connectivity index (χ1) is 12.8. The van der Waals surface area contributed by atoms with Gasteiger partial charge in [0.25, 0.3) is 5.91 Å². The minimum absolute atomic E-state index is 0.131. The highest BCUT2D eigenvalue weighted by atomic mass is 16.5. The van der Waals surface area contributed by atoms with Crippen molar-refractivity contribution in [2.75, 3.05) is 32.1 Å². The normalized spacial score (nSPS) is 16.3. The number of carbonyl (C=O) groups excluding carboxylic acids is 1. The highest BCUT2D eigenvalue weighted by Gasteiger charge is 2.15. The van der Waals surface area contributed by atoms with Crippen molar-refractivity contribution in [2.24, 2.45) is 0 Å². The molecule has 1 aromatic heterocycles. The van der Waals surface area contributed by atoms with Gasteiger partial charge in [-0.2, -0.15) is 0 Å². The Morgan fingerprint density at radius 3 is 3.04 bits per heavy atom. The highest BCUT2D eigenvalue weighted by molar-refractivity contribution is 5.94. The van der Waals surface area contributed by atoms with Crippen molar-refractivity contribution in [3.8, 4) is 5.75 Å². The van der Waals surface area contributed by atoms with E-state index in [0.29, 0.717) is 18.5 Å². The summed E-state index contributed by atoms with van der Waals surface area (Å²) in [4.78, 5) is 16.5. The zero-order chi connectivity index (χ0) is 18.2. The van der Waals surface area contributed by atoms with Gasteiger partial charge >= 0.3 is 0 Å². The fourth-order valence-corrected chi connectivity index (χ4v) is 3.02. The molecule has 1 aliphatic rings. The minimum atomic E-state index is -0.131. The summed E-state index contributed by atoms with van der Waals surface area (Å²) in [6.45, 7) is 2.10. The van der Waals surface area contributed by atoms with Gasteiger partial charge in [0.1, 0.15) is 5.75 Å². The topological polar surface area (TPSA) is 72.5 Å². The first kappa shape index (κ1) is 18.2. The van der Waals surface area contributed by atoms with Gasteiger partial charge in [-0.3, -0.25) is 9.78 Å². The first-order valence-corrected chi connectivity index (χ1v) is 8.97. The van der Waals surface area contributed by atoms with Crippen molar-refractivity contribution in [1.29, 1.82) is 0 Å². The number of pyridine rings is 1. The van der Waals surface area contributed by atoms with Crippen molar-refractivity contribution in [3.63, 3.8) is 0 Å². The van der Waals surface area contributed by atoms with Crippen LogP contribution >= 0.6 is 0 Å². The van der Waals surface area contributed by atoms with Crippen LogP contribution in [-0.2, 0) is 11.2 Å². The summed E-state index contributed by atoms with van der Waals surface area (Å²) >= 11 is 0. The van der Waals surface area contributed by atoms with Crippen LogP contribution < -0.4 is 15.4 Å². The van der Waals surface area contributed by atoms with Gasteiger partial charge in [0.2, 0.25) is 0 Å². The molecule has 26 heavy (non-hydrogen) atoms. The van der Waals surface area contributed by atoms with Gasteiger partial charge in [-0.25, -0.2) is 0 Å². The number of nitrogens with one attached hydrogen (secondary N) is 2. The molecule has 1 saturated heterocycles. The molecular weight excluding hydrogens is 330 g/mol. The summed E-state index contributed by atoms with van der Waals surface area (Å²) in [6.07, 6.45) is 6.44.